The fourth-order valence-electron chi connectivity index (χ4n) is 2.78. The summed E-state index contributed by atoms with van der Waals surface area (Å²) in [5, 5.41) is 0. The zero-order valence-corrected chi connectivity index (χ0v) is 13.6. The summed E-state index contributed by atoms with van der Waals surface area (Å²) in [6.45, 7) is 4.25. The summed E-state index contributed by atoms with van der Waals surface area (Å²) in [5.74, 6) is -0.175. The van der Waals surface area contributed by atoms with Crippen LogP contribution in [0.3, 0.4) is 0 Å². The van der Waals surface area contributed by atoms with Gasteiger partial charge in [-0.05, 0) is 46.7 Å². The quantitative estimate of drug-likeness (QED) is 0.531. The Labute approximate surface area is 137 Å². The molecule has 0 amide bonds. The summed E-state index contributed by atoms with van der Waals surface area (Å²) in [4.78, 5) is 0. The molecule has 0 unspecified atom stereocenters. The van der Waals surface area contributed by atoms with E-state index < -0.39 is 0 Å². The minimum absolute atomic E-state index is 0.175. The highest BCUT2D eigenvalue weighted by molar-refractivity contribution is 5.71. The molecule has 3 aromatic rings. The molecular weight excluding hydrogens is 283 g/mol. The molecule has 0 aliphatic carbocycles. The van der Waals surface area contributed by atoms with Crippen LogP contribution in [0.4, 0.5) is 4.39 Å². The largest absolute Gasteiger partial charge is 0.206 e. The number of rotatable bonds is 4. The van der Waals surface area contributed by atoms with Crippen LogP contribution in [-0.4, -0.2) is 0 Å². The Bertz CT molecular complexity index is 783. The molecule has 0 aliphatic rings. The van der Waals surface area contributed by atoms with Crippen molar-refractivity contribution in [2.24, 2.45) is 0 Å². The lowest BCUT2D eigenvalue weighted by atomic mass is 9.98. The first-order valence-electron chi connectivity index (χ1n) is 8.19. The van der Waals surface area contributed by atoms with E-state index in [9.17, 15) is 4.39 Å². The van der Waals surface area contributed by atoms with Gasteiger partial charge in [0, 0.05) is 5.56 Å². The predicted octanol–water partition coefficient (Wildman–Crippen LogP) is 6.28. The maximum atomic E-state index is 14.5. The summed E-state index contributed by atoms with van der Waals surface area (Å²) in [7, 11) is 0. The highest BCUT2D eigenvalue weighted by Gasteiger charge is 2.07. The third-order valence-corrected chi connectivity index (χ3v) is 4.34. The zero-order chi connectivity index (χ0) is 16.2. The van der Waals surface area contributed by atoms with Crippen LogP contribution in [0.2, 0.25) is 0 Å². The number of halogens is 1. The van der Waals surface area contributed by atoms with Crippen LogP contribution < -0.4 is 0 Å². The molecular formula is C22H21F. The number of benzene rings is 3. The fourth-order valence-corrected chi connectivity index (χ4v) is 2.78. The lowest BCUT2D eigenvalue weighted by Crippen LogP contribution is -1.88. The van der Waals surface area contributed by atoms with Gasteiger partial charge in [0.1, 0.15) is 5.82 Å². The van der Waals surface area contributed by atoms with E-state index in [1.807, 2.05) is 24.3 Å². The Kier molecular flexibility index (Phi) is 4.57. The molecule has 0 aliphatic heterocycles. The average Bonchev–Trinajstić information content (AvgIpc) is 2.62. The van der Waals surface area contributed by atoms with Crippen LogP contribution in [0.5, 0.6) is 0 Å². The molecule has 0 atom stereocenters. The van der Waals surface area contributed by atoms with Crippen LogP contribution in [0.25, 0.3) is 22.3 Å². The van der Waals surface area contributed by atoms with Crippen LogP contribution in [-0.2, 0) is 12.8 Å². The standard InChI is InChI=1S/C22H21F/c1-3-16-5-9-18(10-6-16)20-13-14-21(22(23)15-20)19-11-7-17(4-2)8-12-19/h5-15H,3-4H2,1-2H3. The maximum absolute atomic E-state index is 14.5. The van der Waals surface area contributed by atoms with E-state index in [4.69, 9.17) is 0 Å². The predicted molar refractivity (Wildman–Crippen MR) is 96.0 cm³/mol. The zero-order valence-electron chi connectivity index (χ0n) is 13.6. The van der Waals surface area contributed by atoms with Gasteiger partial charge in [-0.25, -0.2) is 4.39 Å². The second kappa shape index (κ2) is 6.78. The molecule has 1 heteroatoms. The average molecular weight is 304 g/mol. The number of hydrogen-bond acceptors (Lipinski definition) is 0. The van der Waals surface area contributed by atoms with Gasteiger partial charge in [-0.1, -0.05) is 74.5 Å². The third kappa shape index (κ3) is 3.34. The molecule has 23 heavy (non-hydrogen) atoms. The smallest absolute Gasteiger partial charge is 0.131 e. The Morgan fingerprint density at radius 2 is 1.09 bits per heavy atom. The number of aryl methyl sites for hydroxylation is 2. The molecule has 0 fully saturated rings. The molecule has 0 radical (unpaired) electrons. The Morgan fingerprint density at radius 1 is 0.609 bits per heavy atom. The molecule has 3 aromatic carbocycles. The Hall–Kier alpha value is -2.41. The van der Waals surface area contributed by atoms with E-state index in [0.717, 1.165) is 29.5 Å². The monoisotopic (exact) mass is 304 g/mol. The molecule has 0 N–H and O–H groups in total. The molecule has 3 rings (SSSR count). The second-order valence-electron chi connectivity index (χ2n) is 5.80. The van der Waals surface area contributed by atoms with E-state index in [1.165, 1.54) is 11.1 Å². The first-order chi connectivity index (χ1) is 11.2. The highest BCUT2D eigenvalue weighted by atomic mass is 19.1. The van der Waals surface area contributed by atoms with Gasteiger partial charge in [-0.2, -0.15) is 0 Å². The van der Waals surface area contributed by atoms with Crippen molar-refractivity contribution in [1.82, 2.24) is 0 Å². The summed E-state index contributed by atoms with van der Waals surface area (Å²) in [6.07, 6.45) is 2.01. The lowest BCUT2D eigenvalue weighted by molar-refractivity contribution is 0.632. The van der Waals surface area contributed by atoms with Crippen LogP contribution in [0.1, 0.15) is 25.0 Å². The Balaban J connectivity index is 1.92. The summed E-state index contributed by atoms with van der Waals surface area (Å²) < 4.78 is 14.5. The van der Waals surface area contributed by atoms with E-state index in [2.05, 4.69) is 50.2 Å². The highest BCUT2D eigenvalue weighted by Crippen LogP contribution is 2.28. The van der Waals surface area contributed by atoms with Gasteiger partial charge in [0.25, 0.3) is 0 Å². The van der Waals surface area contributed by atoms with Gasteiger partial charge in [-0.15, -0.1) is 0 Å². The van der Waals surface area contributed by atoms with Crippen molar-refractivity contribution < 1.29 is 4.39 Å². The molecule has 0 aromatic heterocycles. The van der Waals surface area contributed by atoms with Crippen molar-refractivity contribution in [2.45, 2.75) is 26.7 Å². The van der Waals surface area contributed by atoms with Crippen molar-refractivity contribution in [1.29, 1.82) is 0 Å². The molecule has 0 saturated carbocycles. The maximum Gasteiger partial charge on any atom is 0.131 e. The summed E-state index contributed by atoms with van der Waals surface area (Å²) in [5.41, 5.74) is 6.10. The minimum atomic E-state index is -0.175. The van der Waals surface area contributed by atoms with Gasteiger partial charge < -0.3 is 0 Å². The van der Waals surface area contributed by atoms with Crippen LogP contribution in [0, 0.1) is 5.82 Å². The number of hydrogen-bond donors (Lipinski definition) is 0. The molecule has 116 valence electrons. The SMILES string of the molecule is CCc1ccc(-c2ccc(-c3ccc(CC)cc3)c(F)c2)cc1. The van der Waals surface area contributed by atoms with Crippen LogP contribution >= 0.6 is 0 Å². The minimum Gasteiger partial charge on any atom is -0.206 e. The van der Waals surface area contributed by atoms with Crippen molar-refractivity contribution in [2.75, 3.05) is 0 Å². The van der Waals surface area contributed by atoms with Gasteiger partial charge in [0.15, 0.2) is 0 Å². The fraction of sp³-hybridized carbons (Fsp3) is 0.182. The first-order valence-corrected chi connectivity index (χ1v) is 8.19. The van der Waals surface area contributed by atoms with E-state index in [0.29, 0.717) is 5.56 Å². The summed E-state index contributed by atoms with van der Waals surface area (Å²) in [6, 6.07) is 21.9. The molecule has 0 bridgehead atoms. The molecule has 0 heterocycles. The van der Waals surface area contributed by atoms with Crippen molar-refractivity contribution in [3.8, 4) is 22.3 Å². The Morgan fingerprint density at radius 3 is 1.57 bits per heavy atom. The third-order valence-electron chi connectivity index (χ3n) is 4.34. The lowest BCUT2D eigenvalue weighted by Gasteiger charge is -2.08. The van der Waals surface area contributed by atoms with Gasteiger partial charge in [0.2, 0.25) is 0 Å². The van der Waals surface area contributed by atoms with Crippen molar-refractivity contribution >= 4 is 0 Å². The van der Waals surface area contributed by atoms with E-state index in [1.54, 1.807) is 6.07 Å². The van der Waals surface area contributed by atoms with Gasteiger partial charge in [-0.3, -0.25) is 0 Å². The second-order valence-corrected chi connectivity index (χ2v) is 5.80. The van der Waals surface area contributed by atoms with Crippen molar-refractivity contribution in [3.63, 3.8) is 0 Å². The molecule has 0 nitrogen and oxygen atoms in total. The van der Waals surface area contributed by atoms with Crippen LogP contribution in [0.15, 0.2) is 66.7 Å². The molecule has 0 saturated heterocycles. The van der Waals surface area contributed by atoms with E-state index in [-0.39, 0.29) is 5.82 Å². The molecule has 0 spiro atoms. The van der Waals surface area contributed by atoms with E-state index >= 15 is 0 Å². The van der Waals surface area contributed by atoms with Gasteiger partial charge >= 0.3 is 0 Å². The topological polar surface area (TPSA) is 0 Å². The summed E-state index contributed by atoms with van der Waals surface area (Å²) >= 11 is 0. The van der Waals surface area contributed by atoms with Gasteiger partial charge in [0.05, 0.1) is 0 Å². The first kappa shape index (κ1) is 15.5. The normalized spacial score (nSPS) is 10.7. The van der Waals surface area contributed by atoms with Crippen molar-refractivity contribution in [3.05, 3.63) is 83.7 Å².